The maximum Gasteiger partial charge on any atom is 0.325 e. The van der Waals surface area contributed by atoms with Crippen LogP contribution in [0, 0.1) is 5.41 Å². The summed E-state index contributed by atoms with van der Waals surface area (Å²) in [6, 6.07) is 0. The number of carbonyl (C=O) groups excluding carboxylic acids is 1. The third-order valence-corrected chi connectivity index (χ3v) is 3.20. The summed E-state index contributed by atoms with van der Waals surface area (Å²) in [6.45, 7) is 4.79. The van der Waals surface area contributed by atoms with Gasteiger partial charge < -0.3 is 16.2 Å². The molecule has 0 aromatic carbocycles. The molecule has 0 bridgehead atoms. The van der Waals surface area contributed by atoms with Gasteiger partial charge in [0.2, 0.25) is 5.91 Å². The lowest BCUT2D eigenvalue weighted by molar-refractivity contribution is -0.138. The van der Waals surface area contributed by atoms with Gasteiger partial charge in [-0.3, -0.25) is 9.59 Å². The molecule has 1 amide bonds. The van der Waals surface area contributed by atoms with Gasteiger partial charge in [0.05, 0.1) is 12.7 Å². The monoisotopic (exact) mass is 297 g/mol. The smallest absolute Gasteiger partial charge is 0.325 e. The van der Waals surface area contributed by atoms with Crippen molar-refractivity contribution in [1.29, 1.82) is 0 Å². The molecular formula is C13H23N5O3. The lowest BCUT2D eigenvalue weighted by Crippen LogP contribution is -2.25. The van der Waals surface area contributed by atoms with E-state index < -0.39 is 5.97 Å². The van der Waals surface area contributed by atoms with Crippen molar-refractivity contribution in [3.8, 4) is 0 Å². The molecule has 0 spiro atoms. The molecule has 118 valence electrons. The van der Waals surface area contributed by atoms with Crippen LogP contribution in [0.25, 0.3) is 0 Å². The number of nitrogens with one attached hydrogen (secondary N) is 1. The minimum Gasteiger partial charge on any atom is -0.480 e. The number of aromatic nitrogens is 3. The molecular weight excluding hydrogens is 274 g/mol. The highest BCUT2D eigenvalue weighted by Gasteiger charge is 2.18. The molecule has 1 heterocycles. The summed E-state index contributed by atoms with van der Waals surface area (Å²) < 4.78 is 1.22. The van der Waals surface area contributed by atoms with E-state index in [1.54, 1.807) is 0 Å². The molecule has 21 heavy (non-hydrogen) atoms. The molecule has 0 fully saturated rings. The maximum atomic E-state index is 11.8. The number of nitrogens with zero attached hydrogens (tertiary/aromatic N) is 3. The van der Waals surface area contributed by atoms with Crippen LogP contribution in [-0.4, -0.2) is 38.5 Å². The van der Waals surface area contributed by atoms with E-state index in [4.69, 9.17) is 10.8 Å². The van der Waals surface area contributed by atoms with Crippen molar-refractivity contribution in [2.24, 2.45) is 11.1 Å². The second-order valence-corrected chi connectivity index (χ2v) is 5.78. The minimum absolute atomic E-state index is 0.0523. The topological polar surface area (TPSA) is 123 Å². The van der Waals surface area contributed by atoms with Crippen LogP contribution in [0.4, 0.5) is 0 Å². The lowest BCUT2D eigenvalue weighted by Gasteiger charge is -2.23. The summed E-state index contributed by atoms with van der Waals surface area (Å²) in [4.78, 5) is 22.3. The predicted molar refractivity (Wildman–Crippen MR) is 76.2 cm³/mol. The Morgan fingerprint density at radius 3 is 2.76 bits per heavy atom. The Kier molecular flexibility index (Phi) is 6.29. The molecule has 1 aromatic rings. The van der Waals surface area contributed by atoms with E-state index in [-0.39, 0.29) is 24.4 Å². The SMILES string of the molecule is CC(C)(CCN)CCC(=O)NCc1cn(CC(=O)O)nn1. The molecule has 0 aliphatic rings. The second-order valence-electron chi connectivity index (χ2n) is 5.78. The molecule has 8 nitrogen and oxygen atoms in total. The van der Waals surface area contributed by atoms with Crippen molar-refractivity contribution in [2.45, 2.75) is 46.2 Å². The number of nitrogens with two attached hydrogens (primary N) is 1. The Balaban J connectivity index is 2.33. The van der Waals surface area contributed by atoms with E-state index >= 15 is 0 Å². The number of aliphatic carboxylic acids is 1. The number of rotatable bonds is 9. The summed E-state index contributed by atoms with van der Waals surface area (Å²) in [5, 5.41) is 18.8. The van der Waals surface area contributed by atoms with Gasteiger partial charge in [-0.2, -0.15) is 0 Å². The molecule has 0 atom stereocenters. The summed E-state index contributed by atoms with van der Waals surface area (Å²) >= 11 is 0. The van der Waals surface area contributed by atoms with Gasteiger partial charge in [-0.15, -0.1) is 5.10 Å². The molecule has 0 aliphatic heterocycles. The second kappa shape index (κ2) is 7.72. The summed E-state index contributed by atoms with van der Waals surface area (Å²) in [6.07, 6.45) is 3.58. The van der Waals surface area contributed by atoms with Gasteiger partial charge >= 0.3 is 5.97 Å². The molecule has 1 aromatic heterocycles. The normalized spacial score (nSPS) is 11.4. The average molecular weight is 297 g/mol. The van der Waals surface area contributed by atoms with Crippen LogP contribution in [0.2, 0.25) is 0 Å². The number of hydrogen-bond donors (Lipinski definition) is 3. The molecule has 0 saturated carbocycles. The van der Waals surface area contributed by atoms with Gasteiger partial charge in [0.1, 0.15) is 12.2 Å². The Labute approximate surface area is 123 Å². The van der Waals surface area contributed by atoms with Crippen molar-refractivity contribution in [2.75, 3.05) is 6.54 Å². The fourth-order valence-corrected chi connectivity index (χ4v) is 1.88. The Morgan fingerprint density at radius 1 is 1.43 bits per heavy atom. The number of carboxylic acid groups (broad SMARTS) is 1. The molecule has 0 aliphatic carbocycles. The molecule has 0 unspecified atom stereocenters. The van der Waals surface area contributed by atoms with Crippen LogP contribution in [0.1, 0.15) is 38.8 Å². The zero-order valence-electron chi connectivity index (χ0n) is 12.5. The van der Waals surface area contributed by atoms with Crippen molar-refractivity contribution in [3.63, 3.8) is 0 Å². The maximum absolute atomic E-state index is 11.8. The van der Waals surface area contributed by atoms with Gasteiger partial charge in [0, 0.05) is 6.42 Å². The Bertz CT molecular complexity index is 484. The first-order valence-electron chi connectivity index (χ1n) is 6.90. The fraction of sp³-hybridized carbons (Fsp3) is 0.692. The van der Waals surface area contributed by atoms with E-state index in [0.717, 1.165) is 12.8 Å². The predicted octanol–water partition coefficient (Wildman–Crippen LogP) is 0.134. The van der Waals surface area contributed by atoms with Crippen LogP contribution in [-0.2, 0) is 22.7 Å². The third kappa shape index (κ3) is 6.84. The van der Waals surface area contributed by atoms with Gasteiger partial charge in [-0.25, -0.2) is 4.68 Å². The quantitative estimate of drug-likeness (QED) is 0.595. The van der Waals surface area contributed by atoms with Crippen molar-refractivity contribution in [1.82, 2.24) is 20.3 Å². The highest BCUT2D eigenvalue weighted by molar-refractivity contribution is 5.75. The van der Waals surface area contributed by atoms with Gasteiger partial charge in [-0.05, 0) is 24.8 Å². The van der Waals surface area contributed by atoms with E-state index in [1.165, 1.54) is 10.9 Å². The lowest BCUT2D eigenvalue weighted by atomic mass is 9.84. The van der Waals surface area contributed by atoms with E-state index in [9.17, 15) is 9.59 Å². The first kappa shape index (κ1) is 17.1. The van der Waals surface area contributed by atoms with E-state index in [1.807, 2.05) is 0 Å². The molecule has 4 N–H and O–H groups in total. The molecule has 1 rings (SSSR count). The van der Waals surface area contributed by atoms with Crippen molar-refractivity contribution in [3.05, 3.63) is 11.9 Å². The summed E-state index contributed by atoms with van der Waals surface area (Å²) in [5.41, 5.74) is 6.12. The first-order chi connectivity index (χ1) is 9.82. The summed E-state index contributed by atoms with van der Waals surface area (Å²) in [7, 11) is 0. The van der Waals surface area contributed by atoms with Gasteiger partial charge in [-0.1, -0.05) is 19.1 Å². The highest BCUT2D eigenvalue weighted by atomic mass is 16.4. The zero-order valence-corrected chi connectivity index (χ0v) is 12.5. The number of carboxylic acids is 1. The van der Waals surface area contributed by atoms with Crippen molar-refractivity contribution < 1.29 is 14.7 Å². The minimum atomic E-state index is -0.988. The van der Waals surface area contributed by atoms with E-state index in [2.05, 4.69) is 29.5 Å². The van der Waals surface area contributed by atoms with Crippen LogP contribution < -0.4 is 11.1 Å². The van der Waals surface area contributed by atoms with Crippen LogP contribution in [0.15, 0.2) is 6.20 Å². The number of carbonyl (C=O) groups is 2. The molecule has 0 radical (unpaired) electrons. The van der Waals surface area contributed by atoms with Crippen LogP contribution in [0.5, 0.6) is 0 Å². The van der Waals surface area contributed by atoms with Crippen LogP contribution in [0.3, 0.4) is 0 Å². The third-order valence-electron chi connectivity index (χ3n) is 3.20. The fourth-order valence-electron chi connectivity index (χ4n) is 1.88. The van der Waals surface area contributed by atoms with E-state index in [0.29, 0.717) is 18.7 Å². The number of amides is 1. The zero-order chi connectivity index (χ0) is 15.9. The summed E-state index contributed by atoms with van der Waals surface area (Å²) in [5.74, 6) is -1.05. The standard InChI is InChI=1S/C13H23N5O3/c1-13(2,5-6-14)4-3-11(19)15-7-10-8-18(17-16-10)9-12(20)21/h8H,3-7,9,14H2,1-2H3,(H,15,19)(H,20,21). The van der Waals surface area contributed by atoms with Crippen molar-refractivity contribution >= 4 is 11.9 Å². The number of hydrogen-bond acceptors (Lipinski definition) is 5. The average Bonchev–Trinajstić information content (AvgIpc) is 2.81. The molecule has 0 saturated heterocycles. The van der Waals surface area contributed by atoms with Gasteiger partial charge in [0.25, 0.3) is 0 Å². The Morgan fingerprint density at radius 2 is 2.14 bits per heavy atom. The van der Waals surface area contributed by atoms with Gasteiger partial charge in [0.15, 0.2) is 0 Å². The highest BCUT2D eigenvalue weighted by Crippen LogP contribution is 2.25. The molecule has 8 heteroatoms. The largest absolute Gasteiger partial charge is 0.480 e. The first-order valence-corrected chi connectivity index (χ1v) is 6.90. The van der Waals surface area contributed by atoms with Crippen LogP contribution >= 0.6 is 0 Å². The Hall–Kier alpha value is -1.96.